The molecule has 2 heterocycles. The quantitative estimate of drug-likeness (QED) is 0.784. The average Bonchev–Trinajstić information content (AvgIpc) is 2.85. The number of nitrogens with one attached hydrogen (secondary N) is 1. The van der Waals surface area contributed by atoms with Gasteiger partial charge in [0.25, 0.3) is 0 Å². The summed E-state index contributed by atoms with van der Waals surface area (Å²) in [4.78, 5) is 18.5. The maximum absolute atomic E-state index is 10.6. The molecule has 1 aromatic rings. The molecule has 0 bridgehead atoms. The summed E-state index contributed by atoms with van der Waals surface area (Å²) in [7, 11) is 0. The fourth-order valence-electron chi connectivity index (χ4n) is 2.15. The van der Waals surface area contributed by atoms with Crippen LogP contribution in [0.3, 0.4) is 0 Å². The number of aromatic carboxylic acids is 1. The van der Waals surface area contributed by atoms with Gasteiger partial charge in [0.05, 0.1) is 18.5 Å². The van der Waals surface area contributed by atoms with Crippen LogP contribution in [0.1, 0.15) is 23.8 Å². The summed E-state index contributed by atoms with van der Waals surface area (Å²) in [5.74, 6) is -0.151. The highest BCUT2D eigenvalue weighted by atomic mass is 16.5. The summed E-state index contributed by atoms with van der Waals surface area (Å²) >= 11 is 0. The van der Waals surface area contributed by atoms with Crippen molar-refractivity contribution in [2.45, 2.75) is 19.4 Å². The second-order valence-electron chi connectivity index (χ2n) is 4.66. The molecule has 6 heteroatoms. The Morgan fingerprint density at radius 1 is 1.58 bits per heavy atom. The van der Waals surface area contributed by atoms with E-state index in [4.69, 9.17) is 9.84 Å². The lowest BCUT2D eigenvalue weighted by molar-refractivity contribution is 0.0690. The molecule has 0 amide bonds. The van der Waals surface area contributed by atoms with E-state index in [1.807, 2.05) is 6.92 Å². The van der Waals surface area contributed by atoms with Gasteiger partial charge >= 0.3 is 5.97 Å². The van der Waals surface area contributed by atoms with Crippen molar-refractivity contribution in [1.29, 1.82) is 0 Å². The van der Waals surface area contributed by atoms with Crippen molar-refractivity contribution in [3.05, 3.63) is 30.2 Å². The zero-order valence-corrected chi connectivity index (χ0v) is 10.8. The van der Waals surface area contributed by atoms with Crippen LogP contribution in [0.25, 0.3) is 0 Å². The molecule has 0 spiro atoms. The van der Waals surface area contributed by atoms with Gasteiger partial charge in [-0.2, -0.15) is 0 Å². The number of hydrogen-bond acceptors (Lipinski definition) is 5. The van der Waals surface area contributed by atoms with Gasteiger partial charge in [-0.05, 0) is 13.3 Å². The number of carboxylic acids is 1. The Labute approximate surface area is 111 Å². The van der Waals surface area contributed by atoms with E-state index >= 15 is 0 Å². The van der Waals surface area contributed by atoms with E-state index in [0.717, 1.165) is 18.6 Å². The van der Waals surface area contributed by atoms with Crippen LogP contribution in [-0.4, -0.2) is 40.3 Å². The highest BCUT2D eigenvalue weighted by molar-refractivity contribution is 5.84. The van der Waals surface area contributed by atoms with Crippen LogP contribution in [0.5, 0.6) is 0 Å². The van der Waals surface area contributed by atoms with Crippen molar-refractivity contribution >= 4 is 11.8 Å². The van der Waals surface area contributed by atoms with Crippen LogP contribution in [0.4, 0.5) is 5.82 Å². The molecule has 1 saturated heterocycles. The Kier molecular flexibility index (Phi) is 4.11. The number of aromatic nitrogens is 2. The van der Waals surface area contributed by atoms with E-state index in [9.17, 15) is 4.79 Å². The first-order valence-corrected chi connectivity index (χ1v) is 6.14. The molecule has 2 N–H and O–H groups in total. The van der Waals surface area contributed by atoms with E-state index in [-0.39, 0.29) is 11.8 Å². The maximum Gasteiger partial charge on any atom is 0.356 e. The highest BCUT2D eigenvalue weighted by Gasteiger charge is 2.28. The fourth-order valence-corrected chi connectivity index (χ4v) is 2.15. The number of nitrogens with zero attached hydrogens (tertiary/aromatic N) is 2. The van der Waals surface area contributed by atoms with Crippen LogP contribution >= 0.6 is 0 Å². The lowest BCUT2D eigenvalue weighted by Crippen LogP contribution is -2.24. The molecular weight excluding hydrogens is 246 g/mol. The second-order valence-corrected chi connectivity index (χ2v) is 4.66. The van der Waals surface area contributed by atoms with Crippen molar-refractivity contribution in [2.75, 3.05) is 18.5 Å². The molecule has 1 aliphatic heterocycles. The molecule has 6 nitrogen and oxygen atoms in total. The monoisotopic (exact) mass is 263 g/mol. The summed E-state index contributed by atoms with van der Waals surface area (Å²) < 4.78 is 5.61. The molecule has 19 heavy (non-hydrogen) atoms. The lowest BCUT2D eigenvalue weighted by atomic mass is 9.97. The summed E-state index contributed by atoms with van der Waals surface area (Å²) in [6.07, 6.45) is 3.73. The first kappa shape index (κ1) is 13.5. The fraction of sp³-hybridized carbons (Fsp3) is 0.462. The lowest BCUT2D eigenvalue weighted by Gasteiger charge is -2.19. The Morgan fingerprint density at radius 3 is 2.95 bits per heavy atom. The Balaban J connectivity index is 1.91. The van der Waals surface area contributed by atoms with Crippen LogP contribution in [0.2, 0.25) is 0 Å². The molecule has 1 aromatic heterocycles. The molecule has 0 saturated carbocycles. The summed E-state index contributed by atoms with van der Waals surface area (Å²) in [5, 5.41) is 11.9. The molecule has 0 radical (unpaired) electrons. The molecule has 0 aliphatic carbocycles. The van der Waals surface area contributed by atoms with Gasteiger partial charge in [0.2, 0.25) is 0 Å². The van der Waals surface area contributed by atoms with Gasteiger partial charge in [-0.15, -0.1) is 0 Å². The predicted molar refractivity (Wildman–Crippen MR) is 70.1 cm³/mol. The average molecular weight is 263 g/mol. The Bertz CT molecular complexity index is 473. The maximum atomic E-state index is 10.6. The van der Waals surface area contributed by atoms with Crippen LogP contribution in [-0.2, 0) is 4.74 Å². The number of carbonyl (C=O) groups is 1. The van der Waals surface area contributed by atoms with Crippen molar-refractivity contribution < 1.29 is 14.6 Å². The first-order valence-electron chi connectivity index (χ1n) is 6.14. The molecule has 2 atom stereocenters. The minimum absolute atomic E-state index is 0.0606. The first-order chi connectivity index (χ1) is 9.08. The standard InChI is InChI=1S/C13H17N3O3/c1-8(2)12-9(3-4-19-12)5-15-11-7-14-10(6-16-11)13(17)18/h6-7,9,12H,1,3-5H2,2H3,(H,15,16)(H,17,18). The molecule has 2 unspecified atom stereocenters. The van der Waals surface area contributed by atoms with Crippen LogP contribution < -0.4 is 5.32 Å². The zero-order chi connectivity index (χ0) is 13.8. The minimum Gasteiger partial charge on any atom is -0.476 e. The number of hydrogen-bond donors (Lipinski definition) is 2. The van der Waals surface area contributed by atoms with Crippen molar-refractivity contribution in [2.24, 2.45) is 5.92 Å². The normalized spacial score (nSPS) is 22.2. The molecule has 0 aromatic carbocycles. The van der Waals surface area contributed by atoms with E-state index in [1.54, 1.807) is 0 Å². The minimum atomic E-state index is -1.08. The van der Waals surface area contributed by atoms with Gasteiger partial charge in [-0.25, -0.2) is 14.8 Å². The van der Waals surface area contributed by atoms with Crippen molar-refractivity contribution in [3.8, 4) is 0 Å². The van der Waals surface area contributed by atoms with Gasteiger partial charge in [0.15, 0.2) is 5.69 Å². The number of ether oxygens (including phenoxy) is 1. The van der Waals surface area contributed by atoms with Gasteiger partial charge in [0.1, 0.15) is 5.82 Å². The van der Waals surface area contributed by atoms with E-state index in [0.29, 0.717) is 18.3 Å². The van der Waals surface area contributed by atoms with E-state index in [2.05, 4.69) is 21.9 Å². The van der Waals surface area contributed by atoms with Crippen LogP contribution in [0.15, 0.2) is 24.5 Å². The van der Waals surface area contributed by atoms with Gasteiger partial charge in [0, 0.05) is 19.1 Å². The van der Waals surface area contributed by atoms with Crippen LogP contribution in [0, 0.1) is 5.92 Å². The topological polar surface area (TPSA) is 84.3 Å². The molecule has 2 rings (SSSR count). The SMILES string of the molecule is C=C(C)C1OCCC1CNc1cnc(C(=O)O)cn1. The molecular formula is C13H17N3O3. The third-order valence-corrected chi connectivity index (χ3v) is 3.12. The summed E-state index contributed by atoms with van der Waals surface area (Å²) in [5.41, 5.74) is 0.964. The molecule has 1 aliphatic rings. The second kappa shape index (κ2) is 5.79. The third kappa shape index (κ3) is 3.29. The molecule has 1 fully saturated rings. The Morgan fingerprint density at radius 2 is 2.37 bits per heavy atom. The largest absolute Gasteiger partial charge is 0.476 e. The van der Waals surface area contributed by atoms with Gasteiger partial charge in [-0.3, -0.25) is 0 Å². The van der Waals surface area contributed by atoms with E-state index < -0.39 is 5.97 Å². The Hall–Kier alpha value is -1.95. The van der Waals surface area contributed by atoms with Crippen molar-refractivity contribution in [1.82, 2.24) is 9.97 Å². The number of carboxylic acid groups (broad SMARTS) is 1. The highest BCUT2D eigenvalue weighted by Crippen LogP contribution is 2.25. The van der Waals surface area contributed by atoms with Gasteiger partial charge in [-0.1, -0.05) is 12.2 Å². The summed E-state index contributed by atoms with van der Waals surface area (Å²) in [6, 6.07) is 0. The number of rotatable bonds is 5. The van der Waals surface area contributed by atoms with Gasteiger partial charge < -0.3 is 15.2 Å². The summed E-state index contributed by atoms with van der Waals surface area (Å²) in [6.45, 7) is 7.34. The third-order valence-electron chi connectivity index (χ3n) is 3.12. The predicted octanol–water partition coefficient (Wildman–Crippen LogP) is 1.57. The zero-order valence-electron chi connectivity index (χ0n) is 10.8. The van der Waals surface area contributed by atoms with Crippen molar-refractivity contribution in [3.63, 3.8) is 0 Å². The van der Waals surface area contributed by atoms with E-state index in [1.165, 1.54) is 12.4 Å². The number of anilines is 1. The molecule has 102 valence electrons. The smallest absolute Gasteiger partial charge is 0.356 e.